The number of aromatic nitrogens is 4. The van der Waals surface area contributed by atoms with Crippen LogP contribution in [0.15, 0.2) is 57.4 Å². The highest BCUT2D eigenvalue weighted by molar-refractivity contribution is 7.99. The SMILES string of the molecule is COc1c(Nc2cc(C)[nH]n2)nc(Sc2ccc(S(=O)(=O)C(C)(C)c3cccc([N+](=O)[O-])c3F)cc2F)nc1N1CCC(N)C1. The molecule has 1 saturated heterocycles. The summed E-state index contributed by atoms with van der Waals surface area (Å²) < 4.78 is 61.5. The van der Waals surface area contributed by atoms with Crippen LogP contribution in [0.3, 0.4) is 0 Å². The number of nitro groups is 1. The van der Waals surface area contributed by atoms with Crippen molar-refractivity contribution in [1.82, 2.24) is 20.2 Å². The number of ether oxygens (including phenoxy) is 1. The lowest BCUT2D eigenvalue weighted by atomic mass is 10.0. The summed E-state index contributed by atoms with van der Waals surface area (Å²) in [5.41, 5.74) is 5.67. The third-order valence-corrected chi connectivity index (χ3v) is 10.8. The molecule has 0 spiro atoms. The van der Waals surface area contributed by atoms with Gasteiger partial charge in [0.2, 0.25) is 11.6 Å². The van der Waals surface area contributed by atoms with Crippen LogP contribution in [0.2, 0.25) is 0 Å². The minimum atomic E-state index is -4.44. The van der Waals surface area contributed by atoms with Crippen molar-refractivity contribution in [3.63, 3.8) is 0 Å². The molecule has 4 N–H and O–H groups in total. The molecule has 1 aliphatic heterocycles. The Kier molecular flexibility index (Phi) is 8.70. The molecule has 5 rings (SSSR count). The Morgan fingerprint density at radius 1 is 1.22 bits per heavy atom. The van der Waals surface area contributed by atoms with Crippen LogP contribution in [0.25, 0.3) is 0 Å². The first-order valence-electron chi connectivity index (χ1n) is 13.6. The van der Waals surface area contributed by atoms with E-state index >= 15 is 8.78 Å². The van der Waals surface area contributed by atoms with Crippen LogP contribution in [0.4, 0.5) is 31.9 Å². The summed E-state index contributed by atoms with van der Waals surface area (Å²) in [6.45, 7) is 5.37. The van der Waals surface area contributed by atoms with Crippen molar-refractivity contribution in [3.05, 3.63) is 75.5 Å². The van der Waals surface area contributed by atoms with Crippen LogP contribution < -0.4 is 20.7 Å². The zero-order chi connectivity index (χ0) is 32.7. The lowest BCUT2D eigenvalue weighted by Gasteiger charge is -2.26. The largest absolute Gasteiger partial charge is 0.490 e. The molecule has 238 valence electrons. The number of halogens is 2. The van der Waals surface area contributed by atoms with E-state index in [9.17, 15) is 18.5 Å². The van der Waals surface area contributed by atoms with Gasteiger partial charge in [0, 0.05) is 42.5 Å². The third-order valence-electron chi connectivity index (χ3n) is 7.42. The van der Waals surface area contributed by atoms with Crippen molar-refractivity contribution in [2.45, 2.75) is 52.9 Å². The van der Waals surface area contributed by atoms with E-state index in [1.54, 1.807) is 6.07 Å². The van der Waals surface area contributed by atoms with E-state index in [-0.39, 0.29) is 21.9 Å². The summed E-state index contributed by atoms with van der Waals surface area (Å²) in [5, 5.41) is 21.5. The number of H-pyrrole nitrogens is 1. The van der Waals surface area contributed by atoms with Gasteiger partial charge in [0.05, 0.1) is 26.6 Å². The first-order valence-corrected chi connectivity index (χ1v) is 15.9. The van der Waals surface area contributed by atoms with E-state index in [1.807, 2.05) is 11.8 Å². The zero-order valence-corrected chi connectivity index (χ0v) is 26.3. The molecule has 45 heavy (non-hydrogen) atoms. The van der Waals surface area contributed by atoms with Crippen LogP contribution in [0.5, 0.6) is 5.75 Å². The molecule has 1 fully saturated rings. The van der Waals surface area contributed by atoms with Crippen molar-refractivity contribution in [1.29, 1.82) is 0 Å². The number of nitrogens with two attached hydrogens (primary N) is 1. The molecule has 13 nitrogen and oxygen atoms in total. The average Bonchev–Trinajstić information content (AvgIpc) is 3.60. The number of rotatable bonds is 10. The molecule has 1 aliphatic rings. The van der Waals surface area contributed by atoms with E-state index in [4.69, 9.17) is 10.5 Å². The summed E-state index contributed by atoms with van der Waals surface area (Å²) in [5.74, 6) is -0.641. The van der Waals surface area contributed by atoms with Crippen molar-refractivity contribution in [2.24, 2.45) is 5.73 Å². The number of aryl methyl sites for hydroxylation is 1. The lowest BCUT2D eigenvalue weighted by molar-refractivity contribution is -0.387. The fraction of sp³-hybridized carbons (Fsp3) is 0.321. The lowest BCUT2D eigenvalue weighted by Crippen LogP contribution is -2.30. The fourth-order valence-corrected chi connectivity index (χ4v) is 7.23. The van der Waals surface area contributed by atoms with Crippen molar-refractivity contribution in [3.8, 4) is 5.75 Å². The Bertz CT molecular complexity index is 1890. The Morgan fingerprint density at radius 2 is 1.98 bits per heavy atom. The maximum Gasteiger partial charge on any atom is 0.305 e. The predicted molar refractivity (Wildman–Crippen MR) is 164 cm³/mol. The summed E-state index contributed by atoms with van der Waals surface area (Å²) in [4.78, 5) is 21.0. The summed E-state index contributed by atoms with van der Waals surface area (Å²) in [7, 11) is -2.96. The Hall–Kier alpha value is -4.35. The van der Waals surface area contributed by atoms with Crippen LogP contribution in [0.1, 0.15) is 31.5 Å². The highest BCUT2D eigenvalue weighted by atomic mass is 32.2. The van der Waals surface area contributed by atoms with Gasteiger partial charge in [-0.3, -0.25) is 15.2 Å². The predicted octanol–water partition coefficient (Wildman–Crippen LogP) is 4.84. The van der Waals surface area contributed by atoms with E-state index in [0.29, 0.717) is 30.5 Å². The van der Waals surface area contributed by atoms with Gasteiger partial charge in [0.15, 0.2) is 32.4 Å². The fourth-order valence-electron chi connectivity index (χ4n) is 4.93. The number of methoxy groups -OCH3 is 1. The molecular weight excluding hydrogens is 630 g/mol. The number of sulfone groups is 1. The number of nitrogens with one attached hydrogen (secondary N) is 2. The van der Waals surface area contributed by atoms with Crippen LogP contribution in [-0.4, -0.2) is 59.7 Å². The Morgan fingerprint density at radius 3 is 2.58 bits per heavy atom. The van der Waals surface area contributed by atoms with Crippen LogP contribution >= 0.6 is 11.8 Å². The molecule has 4 aromatic rings. The maximum atomic E-state index is 15.6. The second-order valence-corrected chi connectivity index (χ2v) is 14.4. The summed E-state index contributed by atoms with van der Waals surface area (Å²) >= 11 is 0.859. The summed E-state index contributed by atoms with van der Waals surface area (Å²) in [6, 6.07) is 8.26. The minimum Gasteiger partial charge on any atom is -0.490 e. The third kappa shape index (κ3) is 6.14. The summed E-state index contributed by atoms with van der Waals surface area (Å²) in [6.07, 6.45) is 0.734. The molecule has 1 atom stereocenters. The number of hydrogen-bond acceptors (Lipinski definition) is 12. The molecule has 17 heteroatoms. The molecular formula is C28H30F2N8O5S2. The van der Waals surface area contributed by atoms with Gasteiger partial charge >= 0.3 is 5.69 Å². The number of nitro benzene ring substituents is 1. The molecule has 1 unspecified atom stereocenters. The van der Waals surface area contributed by atoms with Gasteiger partial charge in [0.25, 0.3) is 0 Å². The molecule has 0 radical (unpaired) electrons. The average molecular weight is 661 g/mol. The van der Waals surface area contributed by atoms with Crippen LogP contribution in [-0.2, 0) is 14.6 Å². The van der Waals surface area contributed by atoms with E-state index in [2.05, 4.69) is 25.5 Å². The van der Waals surface area contributed by atoms with Gasteiger partial charge in [0.1, 0.15) is 5.82 Å². The number of hydrogen-bond donors (Lipinski definition) is 3. The number of anilines is 3. The van der Waals surface area contributed by atoms with E-state index < -0.39 is 47.3 Å². The minimum absolute atomic E-state index is 0.0177. The van der Waals surface area contributed by atoms with Gasteiger partial charge in [-0.05, 0) is 57.2 Å². The standard InChI is InChI=1S/C28H30F2N8O5S2/c1-15-12-22(36-35-15)32-25-24(43-4)26(37-11-10-16(31)14-37)34-27(33-25)44-21-9-8-17(13-19(21)29)45(41,42)28(2,3)18-6-5-7-20(23(18)30)38(39)40/h5-9,12-13,16H,10-11,14,31H2,1-4H3,(H2,32,33,34,35,36). The molecule has 0 amide bonds. The first kappa shape index (κ1) is 32.1. The van der Waals surface area contributed by atoms with Crippen LogP contribution in [0, 0.1) is 28.7 Å². The highest BCUT2D eigenvalue weighted by Gasteiger charge is 2.41. The topological polar surface area (TPSA) is 182 Å². The molecule has 3 heterocycles. The second-order valence-electron chi connectivity index (χ2n) is 10.9. The molecule has 0 aliphatic carbocycles. The Balaban J connectivity index is 1.50. The number of benzene rings is 2. The maximum absolute atomic E-state index is 15.6. The number of nitrogens with zero attached hydrogens (tertiary/aromatic N) is 5. The van der Waals surface area contributed by atoms with Crippen molar-refractivity contribution < 1.29 is 26.9 Å². The molecule has 2 aromatic heterocycles. The molecule has 0 saturated carbocycles. The van der Waals surface area contributed by atoms with Gasteiger partial charge in [-0.2, -0.15) is 9.49 Å². The highest BCUT2D eigenvalue weighted by Crippen LogP contribution is 2.42. The monoisotopic (exact) mass is 660 g/mol. The first-order chi connectivity index (χ1) is 21.2. The Labute approximate surface area is 261 Å². The normalized spacial score (nSPS) is 15.4. The van der Waals surface area contributed by atoms with Gasteiger partial charge < -0.3 is 20.7 Å². The van der Waals surface area contributed by atoms with Gasteiger partial charge in [-0.25, -0.2) is 22.8 Å². The van der Waals surface area contributed by atoms with E-state index in [0.717, 1.165) is 42.1 Å². The number of aromatic amines is 1. The van der Waals surface area contributed by atoms with Gasteiger partial charge in [-0.1, -0.05) is 12.1 Å². The quantitative estimate of drug-likeness (QED) is 0.120. The zero-order valence-electron chi connectivity index (χ0n) is 24.7. The van der Waals surface area contributed by atoms with Crippen molar-refractivity contribution >= 4 is 44.7 Å². The van der Waals surface area contributed by atoms with Crippen molar-refractivity contribution in [2.75, 3.05) is 30.4 Å². The molecule has 0 bridgehead atoms. The smallest absolute Gasteiger partial charge is 0.305 e. The van der Waals surface area contributed by atoms with E-state index in [1.165, 1.54) is 39.2 Å². The second kappa shape index (κ2) is 12.2. The van der Waals surface area contributed by atoms with Gasteiger partial charge in [-0.15, -0.1) is 0 Å². The molecule has 2 aromatic carbocycles.